The van der Waals surface area contributed by atoms with Crippen LogP contribution in [0.2, 0.25) is 0 Å². The number of hydrogen-bond acceptors (Lipinski definition) is 3. The van der Waals surface area contributed by atoms with Crippen LogP contribution >= 0.6 is 0 Å². The first kappa shape index (κ1) is 19.5. The van der Waals surface area contributed by atoms with E-state index < -0.39 is 6.04 Å². The van der Waals surface area contributed by atoms with E-state index in [1.165, 1.54) is 37.0 Å². The highest BCUT2D eigenvalue weighted by Gasteiger charge is 2.24. The SMILES string of the molecule is CCCCC1CCC(NC(=O)CN(C)C(=O)C(C)n2cccn2)CC1. The molecule has 0 aromatic carbocycles. The second-order valence-electron chi connectivity index (χ2n) is 7.28. The molecule has 6 nitrogen and oxygen atoms in total. The summed E-state index contributed by atoms with van der Waals surface area (Å²) in [6.45, 7) is 4.12. The second kappa shape index (κ2) is 9.59. The van der Waals surface area contributed by atoms with Gasteiger partial charge in [-0.3, -0.25) is 14.3 Å². The lowest BCUT2D eigenvalue weighted by Gasteiger charge is -2.30. The molecular weight excluding hydrogens is 316 g/mol. The van der Waals surface area contributed by atoms with Gasteiger partial charge in [-0.15, -0.1) is 0 Å². The molecule has 1 saturated carbocycles. The molecule has 6 heteroatoms. The molecule has 1 N–H and O–H groups in total. The van der Waals surface area contributed by atoms with Crippen molar-refractivity contribution in [3.8, 4) is 0 Å². The standard InChI is InChI=1S/C19H32N4O2/c1-4-5-7-16-8-10-17(11-9-16)21-18(24)14-22(3)19(25)15(2)23-13-6-12-20-23/h6,12-13,15-17H,4-5,7-11,14H2,1-3H3,(H,21,24). The predicted octanol–water partition coefficient (Wildman–Crippen LogP) is 2.77. The Hall–Kier alpha value is -1.85. The quantitative estimate of drug-likeness (QED) is 0.785. The van der Waals surface area contributed by atoms with Gasteiger partial charge >= 0.3 is 0 Å². The van der Waals surface area contributed by atoms with E-state index in [4.69, 9.17) is 0 Å². The molecule has 0 bridgehead atoms. The molecule has 2 rings (SSSR count). The summed E-state index contributed by atoms with van der Waals surface area (Å²) in [5.41, 5.74) is 0. The Bertz CT molecular complexity index is 536. The van der Waals surface area contributed by atoms with Gasteiger partial charge in [-0.25, -0.2) is 0 Å². The number of amides is 2. The number of rotatable bonds is 8. The van der Waals surface area contributed by atoms with E-state index in [1.54, 1.807) is 37.1 Å². The number of unbranched alkanes of at least 4 members (excludes halogenated alkanes) is 1. The normalized spacial score (nSPS) is 21.6. The average Bonchev–Trinajstić information content (AvgIpc) is 3.14. The lowest BCUT2D eigenvalue weighted by molar-refractivity contribution is -0.137. The Labute approximate surface area is 151 Å². The molecule has 0 radical (unpaired) electrons. The fraction of sp³-hybridized carbons (Fsp3) is 0.737. The molecule has 140 valence electrons. The minimum atomic E-state index is -0.401. The highest BCUT2D eigenvalue weighted by Crippen LogP contribution is 2.28. The van der Waals surface area contributed by atoms with Gasteiger partial charge in [-0.1, -0.05) is 26.2 Å². The van der Waals surface area contributed by atoms with Crippen molar-refractivity contribution >= 4 is 11.8 Å². The minimum absolute atomic E-state index is 0.0690. The van der Waals surface area contributed by atoms with Crippen LogP contribution in [-0.2, 0) is 9.59 Å². The maximum absolute atomic E-state index is 12.4. The number of carbonyl (C=O) groups is 2. The maximum Gasteiger partial charge on any atom is 0.247 e. The van der Waals surface area contributed by atoms with Gasteiger partial charge in [0.1, 0.15) is 6.04 Å². The number of carbonyl (C=O) groups excluding carboxylic acids is 2. The van der Waals surface area contributed by atoms with Crippen LogP contribution in [0.15, 0.2) is 18.5 Å². The fourth-order valence-corrected chi connectivity index (χ4v) is 3.60. The van der Waals surface area contributed by atoms with Crippen LogP contribution in [-0.4, -0.2) is 46.1 Å². The monoisotopic (exact) mass is 348 g/mol. The van der Waals surface area contributed by atoms with E-state index in [-0.39, 0.29) is 24.4 Å². The number of likely N-dealkylation sites (N-methyl/N-ethyl adjacent to an activating group) is 1. The highest BCUT2D eigenvalue weighted by molar-refractivity contribution is 5.86. The Morgan fingerprint density at radius 3 is 2.64 bits per heavy atom. The van der Waals surface area contributed by atoms with Crippen molar-refractivity contribution in [2.75, 3.05) is 13.6 Å². The van der Waals surface area contributed by atoms with Gasteiger partial charge in [0.05, 0.1) is 6.54 Å². The number of nitrogens with zero attached hydrogens (tertiary/aromatic N) is 3. The molecular formula is C19H32N4O2. The molecule has 1 unspecified atom stereocenters. The highest BCUT2D eigenvalue weighted by atomic mass is 16.2. The fourth-order valence-electron chi connectivity index (χ4n) is 3.60. The zero-order valence-electron chi connectivity index (χ0n) is 15.8. The smallest absolute Gasteiger partial charge is 0.247 e. The molecule has 2 amide bonds. The van der Waals surface area contributed by atoms with Crippen LogP contribution in [0, 0.1) is 5.92 Å². The van der Waals surface area contributed by atoms with Crippen molar-refractivity contribution in [2.24, 2.45) is 5.92 Å². The molecule has 0 saturated heterocycles. The lowest BCUT2D eigenvalue weighted by Crippen LogP contribution is -2.45. The van der Waals surface area contributed by atoms with Gasteiger partial charge in [0, 0.05) is 25.5 Å². The first-order valence-electron chi connectivity index (χ1n) is 9.54. The molecule has 0 aliphatic heterocycles. The van der Waals surface area contributed by atoms with Crippen LogP contribution in [0.25, 0.3) is 0 Å². The Morgan fingerprint density at radius 1 is 1.32 bits per heavy atom. The molecule has 25 heavy (non-hydrogen) atoms. The zero-order chi connectivity index (χ0) is 18.2. The minimum Gasteiger partial charge on any atom is -0.352 e. The van der Waals surface area contributed by atoms with Gasteiger partial charge in [0.2, 0.25) is 11.8 Å². The lowest BCUT2D eigenvalue weighted by atomic mass is 9.83. The summed E-state index contributed by atoms with van der Waals surface area (Å²) >= 11 is 0. The number of hydrogen-bond donors (Lipinski definition) is 1. The van der Waals surface area contributed by atoms with Crippen molar-refractivity contribution in [3.63, 3.8) is 0 Å². The van der Waals surface area contributed by atoms with Gasteiger partial charge in [-0.05, 0) is 44.6 Å². The van der Waals surface area contributed by atoms with Crippen molar-refractivity contribution in [1.82, 2.24) is 20.0 Å². The summed E-state index contributed by atoms with van der Waals surface area (Å²) in [5, 5.41) is 7.19. The Balaban J connectivity index is 1.72. The Morgan fingerprint density at radius 2 is 2.04 bits per heavy atom. The summed E-state index contributed by atoms with van der Waals surface area (Å²) < 4.78 is 1.61. The maximum atomic E-state index is 12.4. The summed E-state index contributed by atoms with van der Waals surface area (Å²) in [7, 11) is 1.67. The molecule has 1 aliphatic carbocycles. The van der Waals surface area contributed by atoms with Gasteiger partial charge < -0.3 is 10.2 Å². The zero-order valence-corrected chi connectivity index (χ0v) is 15.8. The van der Waals surface area contributed by atoms with Crippen molar-refractivity contribution in [3.05, 3.63) is 18.5 Å². The van der Waals surface area contributed by atoms with Crippen LogP contribution < -0.4 is 5.32 Å². The molecule has 1 aliphatic rings. The number of aromatic nitrogens is 2. The third kappa shape index (κ3) is 5.87. The van der Waals surface area contributed by atoms with E-state index in [9.17, 15) is 9.59 Å². The summed E-state index contributed by atoms with van der Waals surface area (Å²) in [5.74, 6) is 0.648. The van der Waals surface area contributed by atoms with E-state index in [2.05, 4.69) is 17.3 Å². The molecule has 1 aromatic heterocycles. The first-order chi connectivity index (χ1) is 12.0. The molecule has 1 heterocycles. The third-order valence-electron chi connectivity index (χ3n) is 5.21. The average molecular weight is 348 g/mol. The van der Waals surface area contributed by atoms with Gasteiger partial charge in [0.15, 0.2) is 0 Å². The molecule has 0 spiro atoms. The predicted molar refractivity (Wildman–Crippen MR) is 98.0 cm³/mol. The van der Waals surface area contributed by atoms with Gasteiger partial charge in [0.25, 0.3) is 0 Å². The first-order valence-corrected chi connectivity index (χ1v) is 9.54. The molecule has 1 fully saturated rings. The summed E-state index contributed by atoms with van der Waals surface area (Å²) in [6.07, 6.45) is 11.8. The summed E-state index contributed by atoms with van der Waals surface area (Å²) in [4.78, 5) is 26.1. The molecule has 1 aromatic rings. The van der Waals surface area contributed by atoms with Crippen molar-refractivity contribution in [1.29, 1.82) is 0 Å². The topological polar surface area (TPSA) is 67.2 Å². The van der Waals surface area contributed by atoms with E-state index in [0.29, 0.717) is 0 Å². The van der Waals surface area contributed by atoms with Crippen molar-refractivity contribution < 1.29 is 9.59 Å². The van der Waals surface area contributed by atoms with E-state index in [0.717, 1.165) is 18.8 Å². The largest absolute Gasteiger partial charge is 0.352 e. The third-order valence-corrected chi connectivity index (χ3v) is 5.21. The van der Waals surface area contributed by atoms with E-state index in [1.807, 2.05) is 0 Å². The van der Waals surface area contributed by atoms with E-state index >= 15 is 0 Å². The Kier molecular flexibility index (Phi) is 7.47. The number of nitrogens with one attached hydrogen (secondary N) is 1. The summed E-state index contributed by atoms with van der Waals surface area (Å²) in [6, 6.07) is 1.65. The van der Waals surface area contributed by atoms with Crippen LogP contribution in [0.4, 0.5) is 0 Å². The van der Waals surface area contributed by atoms with Crippen LogP contribution in [0.5, 0.6) is 0 Å². The van der Waals surface area contributed by atoms with Crippen LogP contribution in [0.1, 0.15) is 64.8 Å². The second-order valence-corrected chi connectivity index (χ2v) is 7.28. The van der Waals surface area contributed by atoms with Crippen LogP contribution in [0.3, 0.4) is 0 Å². The molecule has 1 atom stereocenters. The van der Waals surface area contributed by atoms with Gasteiger partial charge in [-0.2, -0.15) is 5.10 Å². The van der Waals surface area contributed by atoms with Crippen molar-refractivity contribution in [2.45, 2.75) is 70.9 Å².